The van der Waals surface area contributed by atoms with Crippen LogP contribution in [0.2, 0.25) is 5.02 Å². The third-order valence-corrected chi connectivity index (χ3v) is 6.19. The molecule has 1 aliphatic heterocycles. The van der Waals surface area contributed by atoms with Crippen molar-refractivity contribution in [3.8, 4) is 5.75 Å². The summed E-state index contributed by atoms with van der Waals surface area (Å²) in [7, 11) is 0. The minimum atomic E-state index is -0.249. The number of amidine groups is 1. The van der Waals surface area contributed by atoms with Gasteiger partial charge in [0.2, 0.25) is 0 Å². The second-order valence-corrected chi connectivity index (χ2v) is 9.13. The van der Waals surface area contributed by atoms with Gasteiger partial charge in [-0.05, 0) is 96.9 Å². The van der Waals surface area contributed by atoms with Crippen LogP contribution in [0, 0.1) is 13.8 Å². The predicted molar refractivity (Wildman–Crippen MR) is 139 cm³/mol. The second kappa shape index (κ2) is 10.6. The molecule has 6 nitrogen and oxygen atoms in total. The van der Waals surface area contributed by atoms with E-state index < -0.39 is 0 Å². The maximum Gasteiger partial charge on any atom is 0.264 e. The topological polar surface area (TPSA) is 79.8 Å². The number of rotatable bonds is 6. The lowest BCUT2D eigenvalue weighted by Gasteiger charge is -2.09. The second-order valence-electron chi connectivity index (χ2n) is 7.67. The molecule has 8 heteroatoms. The average molecular weight is 492 g/mol. The Morgan fingerprint density at radius 1 is 1.09 bits per heavy atom. The van der Waals surface area contributed by atoms with Crippen LogP contribution in [0.4, 0.5) is 11.4 Å². The molecular formula is C26H22ClN3O3S. The summed E-state index contributed by atoms with van der Waals surface area (Å²) in [6, 6.07) is 20.0. The maximum absolute atomic E-state index is 12.4. The number of aliphatic imine (C=N–C) groups is 1. The van der Waals surface area contributed by atoms with E-state index in [9.17, 15) is 9.59 Å². The van der Waals surface area contributed by atoms with Gasteiger partial charge in [0.15, 0.2) is 11.8 Å². The van der Waals surface area contributed by atoms with E-state index in [1.165, 1.54) is 11.8 Å². The lowest BCUT2D eigenvalue weighted by molar-refractivity contribution is -0.118. The number of halogens is 1. The molecule has 1 saturated heterocycles. The smallest absolute Gasteiger partial charge is 0.264 e. The van der Waals surface area contributed by atoms with Crippen molar-refractivity contribution in [2.24, 2.45) is 4.99 Å². The molecule has 3 aromatic carbocycles. The molecule has 4 rings (SSSR count). The molecule has 0 aromatic heterocycles. The van der Waals surface area contributed by atoms with Gasteiger partial charge >= 0.3 is 0 Å². The summed E-state index contributed by atoms with van der Waals surface area (Å²) in [4.78, 5) is 29.6. The molecule has 0 spiro atoms. The minimum Gasteiger partial charge on any atom is -0.484 e. The van der Waals surface area contributed by atoms with Crippen molar-refractivity contribution in [1.82, 2.24) is 5.32 Å². The molecule has 1 aliphatic rings. The summed E-state index contributed by atoms with van der Waals surface area (Å²) in [5.41, 5.74) is 4.48. The van der Waals surface area contributed by atoms with E-state index in [-0.39, 0.29) is 18.4 Å². The quantitative estimate of drug-likeness (QED) is 0.423. The highest BCUT2D eigenvalue weighted by molar-refractivity contribution is 8.18. The maximum atomic E-state index is 12.4. The zero-order valence-corrected chi connectivity index (χ0v) is 20.2. The minimum absolute atomic E-state index is 0.125. The number of carbonyl (C=O) groups excluding carboxylic acids is 2. The first-order chi connectivity index (χ1) is 16.4. The zero-order chi connectivity index (χ0) is 24.1. The molecule has 0 unspecified atom stereocenters. The van der Waals surface area contributed by atoms with Gasteiger partial charge in [0.05, 0.1) is 10.6 Å². The Labute approximate surface area is 207 Å². The molecule has 0 aliphatic carbocycles. The molecule has 1 fully saturated rings. The van der Waals surface area contributed by atoms with Crippen LogP contribution in [0.15, 0.2) is 76.6 Å². The van der Waals surface area contributed by atoms with Crippen molar-refractivity contribution in [1.29, 1.82) is 0 Å². The van der Waals surface area contributed by atoms with Crippen molar-refractivity contribution in [2.75, 3.05) is 11.9 Å². The molecule has 1 heterocycles. The number of nitrogens with one attached hydrogen (secondary N) is 2. The molecule has 0 bridgehead atoms. The highest BCUT2D eigenvalue weighted by atomic mass is 35.5. The van der Waals surface area contributed by atoms with E-state index in [0.29, 0.717) is 26.5 Å². The van der Waals surface area contributed by atoms with Crippen LogP contribution < -0.4 is 15.4 Å². The number of hydrogen-bond donors (Lipinski definition) is 2. The first kappa shape index (κ1) is 23.6. The fraction of sp³-hybridized carbons (Fsp3) is 0.115. The molecule has 34 heavy (non-hydrogen) atoms. The summed E-state index contributed by atoms with van der Waals surface area (Å²) in [6.45, 7) is 3.89. The third-order valence-electron chi connectivity index (χ3n) is 5.02. The normalized spacial score (nSPS) is 15.4. The van der Waals surface area contributed by atoms with Crippen molar-refractivity contribution in [3.63, 3.8) is 0 Å². The van der Waals surface area contributed by atoms with Gasteiger partial charge in [-0.2, -0.15) is 0 Å². The number of amides is 2. The Morgan fingerprint density at radius 3 is 2.65 bits per heavy atom. The predicted octanol–water partition coefficient (Wildman–Crippen LogP) is 5.87. The van der Waals surface area contributed by atoms with Gasteiger partial charge in [-0.1, -0.05) is 29.8 Å². The Kier molecular flexibility index (Phi) is 7.35. The van der Waals surface area contributed by atoms with Gasteiger partial charge in [0, 0.05) is 10.7 Å². The van der Waals surface area contributed by atoms with E-state index in [1.807, 2.05) is 44.2 Å². The molecule has 0 atom stereocenters. The van der Waals surface area contributed by atoms with E-state index in [1.54, 1.807) is 42.5 Å². The highest BCUT2D eigenvalue weighted by Gasteiger charge is 2.23. The van der Waals surface area contributed by atoms with Crippen LogP contribution in [-0.2, 0) is 9.59 Å². The van der Waals surface area contributed by atoms with Gasteiger partial charge in [-0.15, -0.1) is 0 Å². The lowest BCUT2D eigenvalue weighted by Crippen LogP contribution is -2.20. The number of carbonyl (C=O) groups is 2. The van der Waals surface area contributed by atoms with Gasteiger partial charge < -0.3 is 15.4 Å². The van der Waals surface area contributed by atoms with Crippen LogP contribution in [0.5, 0.6) is 5.75 Å². The number of nitrogens with zero attached hydrogens (tertiary/aromatic N) is 1. The number of thioether (sulfide) groups is 1. The van der Waals surface area contributed by atoms with Gasteiger partial charge in [0.25, 0.3) is 11.8 Å². The summed E-state index contributed by atoms with van der Waals surface area (Å²) < 4.78 is 5.65. The summed E-state index contributed by atoms with van der Waals surface area (Å²) >= 11 is 7.15. The number of ether oxygens (including phenoxy) is 1. The van der Waals surface area contributed by atoms with Crippen LogP contribution in [0.3, 0.4) is 0 Å². The zero-order valence-electron chi connectivity index (χ0n) is 18.6. The Balaban J connectivity index is 1.38. The van der Waals surface area contributed by atoms with Crippen molar-refractivity contribution < 1.29 is 14.3 Å². The van der Waals surface area contributed by atoms with Crippen LogP contribution in [0.25, 0.3) is 6.08 Å². The largest absolute Gasteiger partial charge is 0.484 e. The number of benzene rings is 3. The van der Waals surface area contributed by atoms with Gasteiger partial charge in [-0.3, -0.25) is 9.59 Å². The number of aryl methyl sites for hydroxylation is 2. The Bertz CT molecular complexity index is 1300. The monoisotopic (exact) mass is 491 g/mol. The van der Waals surface area contributed by atoms with Gasteiger partial charge in [-0.25, -0.2) is 4.99 Å². The molecular weight excluding hydrogens is 470 g/mol. The fourth-order valence-corrected chi connectivity index (χ4v) is 4.09. The van der Waals surface area contributed by atoms with Gasteiger partial charge in [0.1, 0.15) is 5.75 Å². The number of hydrogen-bond acceptors (Lipinski definition) is 5. The number of anilines is 1. The summed E-state index contributed by atoms with van der Waals surface area (Å²) in [6.07, 6.45) is 1.76. The summed E-state index contributed by atoms with van der Waals surface area (Å²) in [5.74, 6) is 0.0561. The van der Waals surface area contributed by atoms with Crippen molar-refractivity contribution in [2.45, 2.75) is 13.8 Å². The molecule has 2 N–H and O–H groups in total. The first-order valence-corrected chi connectivity index (χ1v) is 11.7. The molecule has 0 saturated carbocycles. The Morgan fingerprint density at radius 2 is 1.88 bits per heavy atom. The van der Waals surface area contributed by atoms with Crippen molar-refractivity contribution in [3.05, 3.63) is 93.3 Å². The molecule has 3 aromatic rings. The molecule has 2 amide bonds. The average Bonchev–Trinajstić information content (AvgIpc) is 3.15. The fourth-order valence-electron chi connectivity index (χ4n) is 3.12. The van der Waals surface area contributed by atoms with E-state index in [0.717, 1.165) is 22.4 Å². The molecule has 0 radical (unpaired) electrons. The highest BCUT2D eigenvalue weighted by Crippen LogP contribution is 2.29. The first-order valence-electron chi connectivity index (χ1n) is 10.5. The Hall–Kier alpha value is -3.55. The van der Waals surface area contributed by atoms with Crippen LogP contribution in [0.1, 0.15) is 16.7 Å². The van der Waals surface area contributed by atoms with E-state index in [4.69, 9.17) is 16.3 Å². The standard InChI is InChI=1S/C26H22ClN3O3S/c1-16-6-9-21(12-17(16)2)28-24(31)15-33-22-5-3-4-18(13-22)14-23-25(32)30-26(34-23)29-20-10-7-19(27)8-11-20/h3-14H,15H2,1-2H3,(H,28,31)(H,29,30,32)/b23-14-. The SMILES string of the molecule is Cc1ccc(NC(=O)COc2cccc(/C=C3\SC(=Nc4ccc(Cl)cc4)NC3=O)c2)cc1C. The summed E-state index contributed by atoms with van der Waals surface area (Å²) in [5, 5.41) is 6.71. The third kappa shape index (κ3) is 6.27. The van der Waals surface area contributed by atoms with Crippen LogP contribution >= 0.6 is 23.4 Å². The van der Waals surface area contributed by atoms with E-state index >= 15 is 0 Å². The lowest BCUT2D eigenvalue weighted by atomic mass is 10.1. The van der Waals surface area contributed by atoms with E-state index in [2.05, 4.69) is 15.6 Å². The molecule has 172 valence electrons. The van der Waals surface area contributed by atoms with Crippen LogP contribution in [-0.4, -0.2) is 23.6 Å². The van der Waals surface area contributed by atoms with Crippen molar-refractivity contribution >= 4 is 57.8 Å².